The van der Waals surface area contributed by atoms with E-state index >= 15 is 0 Å². The third kappa shape index (κ3) is 2.82. The van der Waals surface area contributed by atoms with Crippen LogP contribution in [0, 0.1) is 0 Å². The van der Waals surface area contributed by atoms with Crippen molar-refractivity contribution in [1.82, 2.24) is 19.2 Å². The SMILES string of the molecule is COc1ccc2c(c1)-c1c(c(=O)n(Cc3ccc(Cl)cc3)c3nncn13)C(C)(C)C2. The Bertz CT molecular complexity index is 1340. The molecule has 0 bridgehead atoms. The molecule has 0 atom stereocenters. The topological polar surface area (TPSA) is 61.4 Å². The van der Waals surface area contributed by atoms with Crippen LogP contribution in [0.3, 0.4) is 0 Å². The zero-order valence-corrected chi connectivity index (χ0v) is 17.8. The third-order valence-electron chi connectivity index (χ3n) is 5.84. The van der Waals surface area contributed by atoms with Gasteiger partial charge in [-0.25, -0.2) is 0 Å². The van der Waals surface area contributed by atoms with E-state index in [9.17, 15) is 4.79 Å². The second kappa shape index (κ2) is 6.71. The number of nitrogens with zero attached hydrogens (tertiary/aromatic N) is 4. The molecule has 30 heavy (non-hydrogen) atoms. The van der Waals surface area contributed by atoms with E-state index in [0.29, 0.717) is 17.3 Å². The Morgan fingerprint density at radius 3 is 2.67 bits per heavy atom. The Labute approximate surface area is 178 Å². The highest BCUT2D eigenvalue weighted by atomic mass is 35.5. The normalized spacial score (nSPS) is 14.4. The van der Waals surface area contributed by atoms with E-state index in [2.05, 4.69) is 30.1 Å². The first kappa shape index (κ1) is 18.9. The minimum atomic E-state index is -0.339. The molecule has 1 aliphatic carbocycles. The van der Waals surface area contributed by atoms with E-state index in [1.807, 2.05) is 40.8 Å². The van der Waals surface area contributed by atoms with Crippen LogP contribution in [0.15, 0.2) is 53.6 Å². The lowest BCUT2D eigenvalue weighted by Gasteiger charge is -2.34. The molecule has 0 saturated heterocycles. The number of halogens is 1. The maximum Gasteiger partial charge on any atom is 0.259 e. The number of hydrogen-bond acceptors (Lipinski definition) is 4. The second-order valence-electron chi connectivity index (χ2n) is 8.33. The van der Waals surface area contributed by atoms with Gasteiger partial charge in [-0.3, -0.25) is 13.8 Å². The molecule has 7 heteroatoms. The lowest BCUT2D eigenvalue weighted by atomic mass is 9.72. The summed E-state index contributed by atoms with van der Waals surface area (Å²) in [4.78, 5) is 13.8. The van der Waals surface area contributed by atoms with Gasteiger partial charge in [0, 0.05) is 21.6 Å². The Kier molecular flexibility index (Phi) is 4.22. The van der Waals surface area contributed by atoms with Crippen molar-refractivity contribution < 1.29 is 4.74 Å². The largest absolute Gasteiger partial charge is 0.497 e. The van der Waals surface area contributed by atoms with Crippen LogP contribution in [0.25, 0.3) is 17.0 Å². The maximum atomic E-state index is 13.8. The van der Waals surface area contributed by atoms with Gasteiger partial charge in [-0.2, -0.15) is 0 Å². The summed E-state index contributed by atoms with van der Waals surface area (Å²) < 4.78 is 9.07. The number of rotatable bonds is 3. The molecule has 0 N–H and O–H groups in total. The van der Waals surface area contributed by atoms with Crippen LogP contribution in [-0.2, 0) is 18.4 Å². The minimum Gasteiger partial charge on any atom is -0.497 e. The van der Waals surface area contributed by atoms with E-state index in [1.54, 1.807) is 18.0 Å². The first-order valence-electron chi connectivity index (χ1n) is 9.78. The standard InChI is InChI=1S/C23H21ClN4O2/c1-23(2)11-15-6-9-17(30-3)10-18(15)20-19(23)21(29)27(22-26-25-13-28(20)22)12-14-4-7-16(24)8-5-14/h4-10,13H,11-12H2,1-3H3. The van der Waals surface area contributed by atoms with Crippen molar-refractivity contribution in [2.45, 2.75) is 32.2 Å². The predicted molar refractivity (Wildman–Crippen MR) is 117 cm³/mol. The van der Waals surface area contributed by atoms with Crippen LogP contribution in [0.1, 0.15) is 30.5 Å². The van der Waals surface area contributed by atoms with E-state index in [-0.39, 0.29) is 11.0 Å². The molecule has 0 radical (unpaired) electrons. The molecule has 0 amide bonds. The number of hydrogen-bond donors (Lipinski definition) is 0. The monoisotopic (exact) mass is 420 g/mol. The van der Waals surface area contributed by atoms with Crippen molar-refractivity contribution in [3.05, 3.63) is 80.9 Å². The highest BCUT2D eigenvalue weighted by molar-refractivity contribution is 6.30. The molecule has 0 fully saturated rings. The molecular weight excluding hydrogens is 400 g/mol. The van der Waals surface area contributed by atoms with Crippen molar-refractivity contribution in [2.75, 3.05) is 7.11 Å². The number of aromatic nitrogens is 4. The molecule has 0 saturated carbocycles. The van der Waals surface area contributed by atoms with Crippen molar-refractivity contribution in [3.63, 3.8) is 0 Å². The Hall–Kier alpha value is -3.12. The van der Waals surface area contributed by atoms with Crippen LogP contribution in [0.2, 0.25) is 5.02 Å². The van der Waals surface area contributed by atoms with Gasteiger partial charge in [0.2, 0.25) is 5.78 Å². The Morgan fingerprint density at radius 1 is 1.17 bits per heavy atom. The van der Waals surface area contributed by atoms with Crippen LogP contribution < -0.4 is 10.3 Å². The van der Waals surface area contributed by atoms with Crippen LogP contribution >= 0.6 is 11.6 Å². The van der Waals surface area contributed by atoms with Gasteiger partial charge in [-0.1, -0.05) is 43.6 Å². The summed E-state index contributed by atoms with van der Waals surface area (Å²) in [6.45, 7) is 4.62. The van der Waals surface area contributed by atoms with Crippen LogP contribution in [0.4, 0.5) is 0 Å². The van der Waals surface area contributed by atoms with Gasteiger partial charge >= 0.3 is 0 Å². The van der Waals surface area contributed by atoms with Gasteiger partial charge in [-0.05, 0) is 41.8 Å². The van der Waals surface area contributed by atoms with E-state index in [4.69, 9.17) is 16.3 Å². The van der Waals surface area contributed by atoms with Crippen LogP contribution in [0.5, 0.6) is 5.75 Å². The maximum absolute atomic E-state index is 13.8. The lowest BCUT2D eigenvalue weighted by molar-refractivity contribution is 0.414. The van der Waals surface area contributed by atoms with Crippen LogP contribution in [-0.4, -0.2) is 26.3 Å². The highest BCUT2D eigenvalue weighted by Gasteiger charge is 2.37. The molecule has 2 aromatic heterocycles. The van der Waals surface area contributed by atoms with Gasteiger partial charge in [0.05, 0.1) is 19.3 Å². The summed E-state index contributed by atoms with van der Waals surface area (Å²) in [5, 5.41) is 9.08. The van der Waals surface area contributed by atoms with Gasteiger partial charge in [0.15, 0.2) is 0 Å². The molecule has 1 aliphatic rings. The van der Waals surface area contributed by atoms with Crippen molar-refractivity contribution in [3.8, 4) is 17.0 Å². The molecule has 4 aromatic rings. The Morgan fingerprint density at radius 2 is 1.93 bits per heavy atom. The molecule has 0 unspecified atom stereocenters. The summed E-state index contributed by atoms with van der Waals surface area (Å²) in [7, 11) is 1.65. The number of fused-ring (bicyclic) bond motifs is 5. The minimum absolute atomic E-state index is 0.0427. The predicted octanol–water partition coefficient (Wildman–Crippen LogP) is 4.10. The quantitative estimate of drug-likeness (QED) is 0.500. The first-order valence-corrected chi connectivity index (χ1v) is 10.2. The zero-order chi connectivity index (χ0) is 21.0. The number of benzene rings is 2. The third-order valence-corrected chi connectivity index (χ3v) is 6.10. The van der Waals surface area contributed by atoms with Crippen molar-refractivity contribution >= 4 is 17.4 Å². The Balaban J connectivity index is 1.82. The average molecular weight is 421 g/mol. The number of methoxy groups -OCH3 is 1. The average Bonchev–Trinajstić information content (AvgIpc) is 3.20. The fraction of sp³-hybridized carbons (Fsp3) is 0.261. The fourth-order valence-electron chi connectivity index (χ4n) is 4.43. The molecule has 0 spiro atoms. The lowest BCUT2D eigenvalue weighted by Crippen LogP contribution is -2.38. The van der Waals surface area contributed by atoms with E-state index in [1.165, 1.54) is 5.56 Å². The molecular formula is C23H21ClN4O2. The van der Waals surface area contributed by atoms with E-state index in [0.717, 1.165) is 34.6 Å². The molecule has 2 aromatic carbocycles. The molecule has 5 rings (SSSR count). The summed E-state index contributed by atoms with van der Waals surface area (Å²) >= 11 is 6.02. The molecule has 2 heterocycles. The second-order valence-corrected chi connectivity index (χ2v) is 8.76. The summed E-state index contributed by atoms with van der Waals surface area (Å²) in [6, 6.07) is 13.5. The van der Waals surface area contributed by atoms with E-state index < -0.39 is 0 Å². The van der Waals surface area contributed by atoms with Gasteiger partial charge < -0.3 is 4.74 Å². The smallest absolute Gasteiger partial charge is 0.259 e. The molecule has 0 aliphatic heterocycles. The molecule has 152 valence electrons. The zero-order valence-electron chi connectivity index (χ0n) is 17.0. The summed E-state index contributed by atoms with van der Waals surface area (Å²) in [5.74, 6) is 1.27. The number of ether oxygens (including phenoxy) is 1. The van der Waals surface area contributed by atoms with Gasteiger partial charge in [0.1, 0.15) is 12.1 Å². The molecule has 6 nitrogen and oxygen atoms in total. The highest BCUT2D eigenvalue weighted by Crippen LogP contribution is 2.42. The first-order chi connectivity index (χ1) is 14.4. The fourth-order valence-corrected chi connectivity index (χ4v) is 4.56. The van der Waals surface area contributed by atoms with Crippen molar-refractivity contribution in [2.24, 2.45) is 0 Å². The van der Waals surface area contributed by atoms with Gasteiger partial charge in [-0.15, -0.1) is 10.2 Å². The van der Waals surface area contributed by atoms with Crippen molar-refractivity contribution in [1.29, 1.82) is 0 Å². The van der Waals surface area contributed by atoms with Gasteiger partial charge in [0.25, 0.3) is 5.56 Å². The summed E-state index contributed by atoms with van der Waals surface area (Å²) in [6.07, 6.45) is 2.44. The summed E-state index contributed by atoms with van der Waals surface area (Å²) in [5.41, 5.74) is 4.37.